The molecule has 1 atom stereocenters. The molecule has 1 N–H and O–H groups in total. The molecular weight excluding hydrogens is 226 g/mol. The van der Waals surface area contributed by atoms with E-state index < -0.39 is 11.4 Å². The molecule has 1 unspecified atom stereocenters. The van der Waals surface area contributed by atoms with Crippen molar-refractivity contribution < 1.29 is 9.90 Å². The largest absolute Gasteiger partial charge is 0.481 e. The van der Waals surface area contributed by atoms with Crippen LogP contribution in [0.3, 0.4) is 0 Å². The highest BCUT2D eigenvalue weighted by Gasteiger charge is 2.68. The number of pyridine rings is 1. The second-order valence-electron chi connectivity index (χ2n) is 5.06. The molecule has 16 heavy (non-hydrogen) atoms. The Balaban J connectivity index is 2.56. The molecule has 1 saturated carbocycles. The third-order valence-corrected chi connectivity index (χ3v) is 3.84. The molecule has 0 aromatic carbocycles. The van der Waals surface area contributed by atoms with Crippen molar-refractivity contribution in [3.63, 3.8) is 0 Å². The minimum atomic E-state index is -0.856. The molecule has 0 saturated heterocycles. The van der Waals surface area contributed by atoms with Crippen molar-refractivity contribution in [2.75, 3.05) is 0 Å². The number of aryl methyl sites for hydroxylation is 1. The summed E-state index contributed by atoms with van der Waals surface area (Å²) >= 11 is 6.05. The standard InChI is InChI=1S/C12H14ClNO2/c1-7-4-5-8(9(13)14-7)12(10(15)16)6-11(12,2)3/h4-5H,6H2,1-3H3,(H,15,16). The molecule has 0 aliphatic heterocycles. The molecule has 1 aliphatic carbocycles. The van der Waals surface area contributed by atoms with Crippen molar-refractivity contribution in [3.8, 4) is 0 Å². The fraction of sp³-hybridized carbons (Fsp3) is 0.500. The number of halogens is 1. The van der Waals surface area contributed by atoms with Crippen LogP contribution in [0.25, 0.3) is 0 Å². The van der Waals surface area contributed by atoms with E-state index in [-0.39, 0.29) is 5.41 Å². The average molecular weight is 240 g/mol. The quantitative estimate of drug-likeness (QED) is 0.808. The normalized spacial score (nSPS) is 26.5. The van der Waals surface area contributed by atoms with Crippen LogP contribution in [-0.2, 0) is 10.2 Å². The van der Waals surface area contributed by atoms with Gasteiger partial charge in [0.2, 0.25) is 0 Å². The maximum Gasteiger partial charge on any atom is 0.314 e. The van der Waals surface area contributed by atoms with E-state index in [0.717, 1.165) is 5.69 Å². The number of aromatic nitrogens is 1. The van der Waals surface area contributed by atoms with Crippen molar-refractivity contribution in [1.29, 1.82) is 0 Å². The Kier molecular flexibility index (Phi) is 2.28. The van der Waals surface area contributed by atoms with Gasteiger partial charge in [-0.05, 0) is 24.8 Å². The fourth-order valence-electron chi connectivity index (χ4n) is 2.40. The van der Waals surface area contributed by atoms with Crippen LogP contribution in [0, 0.1) is 12.3 Å². The van der Waals surface area contributed by atoms with E-state index in [2.05, 4.69) is 4.98 Å². The monoisotopic (exact) mass is 239 g/mol. The van der Waals surface area contributed by atoms with E-state index in [1.807, 2.05) is 20.8 Å². The molecule has 3 nitrogen and oxygen atoms in total. The number of carbonyl (C=O) groups is 1. The Morgan fingerprint density at radius 2 is 2.06 bits per heavy atom. The van der Waals surface area contributed by atoms with Crippen LogP contribution in [0.1, 0.15) is 31.5 Å². The molecule has 1 aliphatic rings. The summed E-state index contributed by atoms with van der Waals surface area (Å²) in [5.41, 5.74) is 0.328. The van der Waals surface area contributed by atoms with Gasteiger partial charge in [-0.15, -0.1) is 0 Å². The second kappa shape index (κ2) is 3.20. The molecule has 4 heteroatoms. The Labute approximate surface area is 99.5 Å². The van der Waals surface area contributed by atoms with Crippen molar-refractivity contribution >= 4 is 17.6 Å². The summed E-state index contributed by atoms with van der Waals surface area (Å²) in [6.07, 6.45) is 0.611. The van der Waals surface area contributed by atoms with Crippen molar-refractivity contribution in [3.05, 3.63) is 28.5 Å². The van der Waals surface area contributed by atoms with Crippen LogP contribution < -0.4 is 0 Å². The first-order valence-electron chi connectivity index (χ1n) is 5.18. The SMILES string of the molecule is Cc1ccc(C2(C(=O)O)CC2(C)C)c(Cl)n1. The zero-order valence-electron chi connectivity index (χ0n) is 9.54. The lowest BCUT2D eigenvalue weighted by atomic mass is 9.89. The van der Waals surface area contributed by atoms with Gasteiger partial charge in [-0.3, -0.25) is 4.79 Å². The van der Waals surface area contributed by atoms with Gasteiger partial charge in [0.1, 0.15) is 10.6 Å². The predicted molar refractivity (Wildman–Crippen MR) is 61.7 cm³/mol. The number of rotatable bonds is 2. The summed E-state index contributed by atoms with van der Waals surface area (Å²) < 4.78 is 0. The summed E-state index contributed by atoms with van der Waals surface area (Å²) in [6, 6.07) is 3.59. The maximum atomic E-state index is 11.5. The van der Waals surface area contributed by atoms with Gasteiger partial charge < -0.3 is 5.11 Å². The van der Waals surface area contributed by atoms with Crippen molar-refractivity contribution in [2.24, 2.45) is 5.41 Å². The van der Waals surface area contributed by atoms with Crippen LogP contribution in [0.4, 0.5) is 0 Å². The minimum Gasteiger partial charge on any atom is -0.481 e. The summed E-state index contributed by atoms with van der Waals surface area (Å²) in [6.45, 7) is 5.72. The highest BCUT2D eigenvalue weighted by atomic mass is 35.5. The van der Waals surface area contributed by atoms with Crippen molar-refractivity contribution in [1.82, 2.24) is 4.98 Å². The Hall–Kier alpha value is -1.09. The molecule has 1 aromatic heterocycles. The Bertz CT molecular complexity index is 470. The molecule has 1 fully saturated rings. The third kappa shape index (κ3) is 1.34. The van der Waals surface area contributed by atoms with Gasteiger partial charge in [-0.1, -0.05) is 31.5 Å². The van der Waals surface area contributed by atoms with Crippen LogP contribution in [0.2, 0.25) is 5.15 Å². The number of hydrogen-bond acceptors (Lipinski definition) is 2. The van der Waals surface area contributed by atoms with Gasteiger partial charge in [0, 0.05) is 11.3 Å². The fourth-order valence-corrected chi connectivity index (χ4v) is 2.76. The first-order valence-corrected chi connectivity index (χ1v) is 5.56. The van der Waals surface area contributed by atoms with Gasteiger partial charge in [-0.2, -0.15) is 0 Å². The van der Waals surface area contributed by atoms with Gasteiger partial charge >= 0.3 is 5.97 Å². The molecule has 1 aromatic rings. The topological polar surface area (TPSA) is 50.2 Å². The van der Waals surface area contributed by atoms with E-state index in [4.69, 9.17) is 11.6 Å². The number of hydrogen-bond donors (Lipinski definition) is 1. The number of aliphatic carboxylic acids is 1. The van der Waals surface area contributed by atoms with E-state index in [1.165, 1.54) is 0 Å². The van der Waals surface area contributed by atoms with E-state index in [0.29, 0.717) is 17.1 Å². The lowest BCUT2D eigenvalue weighted by Gasteiger charge is -2.17. The Morgan fingerprint density at radius 1 is 1.50 bits per heavy atom. The molecule has 0 bridgehead atoms. The van der Waals surface area contributed by atoms with Crippen molar-refractivity contribution in [2.45, 2.75) is 32.6 Å². The molecular formula is C12H14ClNO2. The average Bonchev–Trinajstić information content (AvgIpc) is 2.70. The summed E-state index contributed by atoms with van der Waals surface area (Å²) in [5.74, 6) is -0.815. The molecule has 86 valence electrons. The van der Waals surface area contributed by atoms with E-state index in [9.17, 15) is 9.90 Å². The van der Waals surface area contributed by atoms with Crippen LogP contribution >= 0.6 is 11.6 Å². The number of carboxylic acid groups (broad SMARTS) is 1. The first kappa shape index (κ1) is 11.4. The molecule has 0 spiro atoms. The third-order valence-electron chi connectivity index (χ3n) is 3.55. The summed E-state index contributed by atoms with van der Waals surface area (Å²) in [7, 11) is 0. The number of nitrogens with zero attached hydrogens (tertiary/aromatic N) is 1. The minimum absolute atomic E-state index is 0.251. The second-order valence-corrected chi connectivity index (χ2v) is 5.42. The van der Waals surface area contributed by atoms with E-state index >= 15 is 0 Å². The smallest absolute Gasteiger partial charge is 0.314 e. The zero-order chi connectivity index (χ0) is 12.1. The molecule has 0 radical (unpaired) electrons. The van der Waals surface area contributed by atoms with E-state index in [1.54, 1.807) is 12.1 Å². The summed E-state index contributed by atoms with van der Waals surface area (Å²) in [5, 5.41) is 9.71. The van der Waals surface area contributed by atoms with Crippen LogP contribution in [-0.4, -0.2) is 16.1 Å². The predicted octanol–water partition coefficient (Wildman–Crippen LogP) is 2.80. The van der Waals surface area contributed by atoms with Crippen LogP contribution in [0.5, 0.6) is 0 Å². The lowest BCUT2D eigenvalue weighted by molar-refractivity contribution is -0.141. The van der Waals surface area contributed by atoms with Gasteiger partial charge in [0.05, 0.1) is 0 Å². The highest BCUT2D eigenvalue weighted by Crippen LogP contribution is 2.65. The lowest BCUT2D eigenvalue weighted by Crippen LogP contribution is -2.26. The Morgan fingerprint density at radius 3 is 2.44 bits per heavy atom. The number of carboxylic acids is 1. The maximum absolute atomic E-state index is 11.5. The van der Waals surface area contributed by atoms with Gasteiger partial charge in [-0.25, -0.2) is 4.98 Å². The molecule has 0 amide bonds. The van der Waals surface area contributed by atoms with Gasteiger partial charge in [0.25, 0.3) is 0 Å². The molecule has 2 rings (SSSR count). The van der Waals surface area contributed by atoms with Gasteiger partial charge in [0.15, 0.2) is 0 Å². The zero-order valence-corrected chi connectivity index (χ0v) is 10.3. The first-order chi connectivity index (χ1) is 7.31. The highest BCUT2D eigenvalue weighted by molar-refractivity contribution is 6.30. The summed E-state index contributed by atoms with van der Waals surface area (Å²) in [4.78, 5) is 15.6. The molecule has 1 heterocycles. The van der Waals surface area contributed by atoms with Crippen LogP contribution in [0.15, 0.2) is 12.1 Å².